The lowest BCUT2D eigenvalue weighted by Gasteiger charge is -2.47. The van der Waals surface area contributed by atoms with Crippen molar-refractivity contribution in [3.05, 3.63) is 34.4 Å². The number of amides is 3. The number of fused-ring (bicyclic) bond motifs is 2. The Bertz CT molecular complexity index is 819. The molecule has 2 fully saturated rings. The van der Waals surface area contributed by atoms with E-state index in [4.69, 9.17) is 0 Å². The highest BCUT2D eigenvalue weighted by Crippen LogP contribution is 2.59. The first-order chi connectivity index (χ1) is 12.1. The highest BCUT2D eigenvalue weighted by Gasteiger charge is 2.64. The molecule has 8 nitrogen and oxygen atoms in total. The van der Waals surface area contributed by atoms with Gasteiger partial charge in [-0.2, -0.15) is 0 Å². The molecule has 2 unspecified atom stereocenters. The molecule has 1 aliphatic heterocycles. The van der Waals surface area contributed by atoms with E-state index in [0.717, 1.165) is 4.90 Å². The zero-order valence-electron chi connectivity index (χ0n) is 14.9. The van der Waals surface area contributed by atoms with Crippen molar-refractivity contribution in [2.24, 2.45) is 16.7 Å². The number of piperidine rings is 1. The number of nitro groups is 1. The monoisotopic (exact) mass is 359 g/mol. The molecule has 3 rings (SSSR count). The summed E-state index contributed by atoms with van der Waals surface area (Å²) in [5.74, 6) is -1.63. The Morgan fingerprint density at radius 1 is 1.31 bits per heavy atom. The lowest BCUT2D eigenvalue weighted by atomic mass is 9.62. The number of nitrogens with zero attached hydrogens (tertiary/aromatic N) is 2. The molecule has 8 heteroatoms. The van der Waals surface area contributed by atoms with Crippen LogP contribution in [0.15, 0.2) is 24.3 Å². The van der Waals surface area contributed by atoms with Crippen molar-refractivity contribution < 1.29 is 19.3 Å². The van der Waals surface area contributed by atoms with E-state index in [1.54, 1.807) is 6.07 Å². The fraction of sp³-hybridized carbons (Fsp3) is 0.500. The summed E-state index contributed by atoms with van der Waals surface area (Å²) in [6.07, 6.45) is 1.23. The van der Waals surface area contributed by atoms with Crippen LogP contribution in [-0.4, -0.2) is 34.1 Å². The fourth-order valence-corrected chi connectivity index (χ4v) is 4.12. The van der Waals surface area contributed by atoms with Crippen molar-refractivity contribution in [3.8, 4) is 0 Å². The summed E-state index contributed by atoms with van der Waals surface area (Å²) in [5, 5.41) is 13.5. The van der Waals surface area contributed by atoms with Crippen LogP contribution >= 0.6 is 0 Å². The zero-order chi connectivity index (χ0) is 19.3. The molecule has 138 valence electrons. The van der Waals surface area contributed by atoms with Crippen LogP contribution in [0.5, 0.6) is 0 Å². The summed E-state index contributed by atoms with van der Waals surface area (Å²) in [6, 6.07) is 5.73. The number of para-hydroxylation sites is 2. The smallest absolute Gasteiger partial charge is 0.292 e. The Morgan fingerprint density at radius 3 is 2.62 bits per heavy atom. The average molecular weight is 359 g/mol. The summed E-state index contributed by atoms with van der Waals surface area (Å²) in [5.41, 5.74) is -1.35. The summed E-state index contributed by atoms with van der Waals surface area (Å²) in [6.45, 7) is 5.25. The maximum atomic E-state index is 12.9. The number of imide groups is 1. The molecular weight excluding hydrogens is 338 g/mol. The van der Waals surface area contributed by atoms with Gasteiger partial charge in [-0.1, -0.05) is 32.9 Å². The number of nitro benzene ring substituents is 1. The van der Waals surface area contributed by atoms with Gasteiger partial charge in [0.1, 0.15) is 12.2 Å². The molecule has 2 aliphatic rings. The molecule has 1 saturated heterocycles. The van der Waals surface area contributed by atoms with Crippen molar-refractivity contribution in [1.82, 2.24) is 4.90 Å². The van der Waals surface area contributed by atoms with Gasteiger partial charge in [-0.15, -0.1) is 0 Å². The molecule has 1 saturated carbocycles. The summed E-state index contributed by atoms with van der Waals surface area (Å²) in [4.78, 5) is 49.5. The minimum Gasteiger partial charge on any atom is -0.319 e. The third-order valence-corrected chi connectivity index (χ3v) is 6.18. The molecule has 0 aromatic heterocycles. The normalized spacial score (nSPS) is 26.7. The van der Waals surface area contributed by atoms with E-state index < -0.39 is 28.2 Å². The number of carbonyl (C=O) groups excluding carboxylic acids is 3. The van der Waals surface area contributed by atoms with E-state index in [1.165, 1.54) is 18.2 Å². The first-order valence-electron chi connectivity index (χ1n) is 8.48. The van der Waals surface area contributed by atoms with E-state index in [2.05, 4.69) is 5.32 Å². The van der Waals surface area contributed by atoms with Crippen molar-refractivity contribution in [2.75, 3.05) is 11.9 Å². The summed E-state index contributed by atoms with van der Waals surface area (Å²) < 4.78 is 0. The topological polar surface area (TPSA) is 110 Å². The standard InChI is InChI=1S/C18H21N3O5/c1-17(2)11-8-9-18(17,3)16(24)20(15(11)23)10-14(22)19-12-6-4-5-7-13(12)21(25)26/h4-7,11H,8-10H2,1-3H3,(H,19,22). The van der Waals surface area contributed by atoms with Gasteiger partial charge in [0.2, 0.25) is 17.7 Å². The lowest BCUT2D eigenvalue weighted by molar-refractivity contribution is -0.383. The van der Waals surface area contributed by atoms with E-state index in [0.29, 0.717) is 12.8 Å². The van der Waals surface area contributed by atoms with Gasteiger partial charge in [0, 0.05) is 12.0 Å². The van der Waals surface area contributed by atoms with E-state index >= 15 is 0 Å². The molecule has 26 heavy (non-hydrogen) atoms. The van der Waals surface area contributed by atoms with Gasteiger partial charge in [-0.25, -0.2) is 0 Å². The van der Waals surface area contributed by atoms with Gasteiger partial charge in [0.15, 0.2) is 0 Å². The Labute approximate surface area is 150 Å². The van der Waals surface area contributed by atoms with Crippen molar-refractivity contribution >= 4 is 29.1 Å². The minimum absolute atomic E-state index is 0.0360. The Kier molecular flexibility index (Phi) is 4.09. The highest BCUT2D eigenvalue weighted by atomic mass is 16.6. The molecule has 0 spiro atoms. The summed E-state index contributed by atoms with van der Waals surface area (Å²) >= 11 is 0. The minimum atomic E-state index is -0.690. The van der Waals surface area contributed by atoms with Crippen LogP contribution in [0.2, 0.25) is 0 Å². The Morgan fingerprint density at radius 2 is 1.96 bits per heavy atom. The van der Waals surface area contributed by atoms with Gasteiger partial charge in [0.05, 0.1) is 10.3 Å². The number of rotatable bonds is 4. The van der Waals surface area contributed by atoms with Crippen LogP contribution in [0.1, 0.15) is 33.6 Å². The van der Waals surface area contributed by atoms with Gasteiger partial charge < -0.3 is 5.32 Å². The van der Waals surface area contributed by atoms with Crippen LogP contribution in [0.4, 0.5) is 11.4 Å². The predicted molar refractivity (Wildman–Crippen MR) is 93.1 cm³/mol. The lowest BCUT2D eigenvalue weighted by Crippen LogP contribution is -2.60. The first-order valence-corrected chi connectivity index (χ1v) is 8.48. The van der Waals surface area contributed by atoms with Gasteiger partial charge in [-0.3, -0.25) is 29.4 Å². The van der Waals surface area contributed by atoms with Crippen LogP contribution in [0, 0.1) is 26.9 Å². The average Bonchev–Trinajstić information content (AvgIpc) is 2.76. The number of nitrogens with one attached hydrogen (secondary N) is 1. The molecule has 1 heterocycles. The third-order valence-electron chi connectivity index (χ3n) is 6.18. The van der Waals surface area contributed by atoms with Crippen molar-refractivity contribution in [1.29, 1.82) is 0 Å². The number of hydrogen-bond acceptors (Lipinski definition) is 5. The molecule has 2 atom stereocenters. The fourth-order valence-electron chi connectivity index (χ4n) is 4.12. The Hall–Kier alpha value is -2.77. The molecule has 1 N–H and O–H groups in total. The van der Waals surface area contributed by atoms with Gasteiger partial charge in [-0.05, 0) is 24.3 Å². The van der Waals surface area contributed by atoms with Crippen LogP contribution in [0.25, 0.3) is 0 Å². The number of hydrogen-bond donors (Lipinski definition) is 1. The molecule has 1 aromatic carbocycles. The largest absolute Gasteiger partial charge is 0.319 e. The maximum absolute atomic E-state index is 12.9. The second-order valence-corrected chi connectivity index (χ2v) is 7.70. The highest BCUT2D eigenvalue weighted by molar-refractivity contribution is 6.07. The van der Waals surface area contributed by atoms with Crippen LogP contribution < -0.4 is 5.32 Å². The van der Waals surface area contributed by atoms with E-state index in [9.17, 15) is 24.5 Å². The zero-order valence-corrected chi connectivity index (χ0v) is 14.9. The molecular formula is C18H21N3O5. The van der Waals surface area contributed by atoms with Crippen molar-refractivity contribution in [3.63, 3.8) is 0 Å². The summed E-state index contributed by atoms with van der Waals surface area (Å²) in [7, 11) is 0. The maximum Gasteiger partial charge on any atom is 0.292 e. The van der Waals surface area contributed by atoms with Crippen LogP contribution in [0.3, 0.4) is 0 Å². The molecule has 0 radical (unpaired) electrons. The molecule has 2 bridgehead atoms. The number of carbonyl (C=O) groups is 3. The third kappa shape index (κ3) is 2.48. The SMILES string of the molecule is CC12CCC(C(=O)N(CC(=O)Nc3ccccc3[N+](=O)[O-])C1=O)C2(C)C. The predicted octanol–water partition coefficient (Wildman–Crippen LogP) is 2.34. The van der Waals surface area contributed by atoms with E-state index in [1.807, 2.05) is 20.8 Å². The van der Waals surface area contributed by atoms with Gasteiger partial charge in [0.25, 0.3) is 5.69 Å². The molecule has 3 amide bonds. The number of likely N-dealkylation sites (tertiary alicyclic amines) is 1. The molecule has 1 aliphatic carbocycles. The van der Waals surface area contributed by atoms with Crippen molar-refractivity contribution in [2.45, 2.75) is 33.6 Å². The Balaban J connectivity index is 1.80. The second kappa shape index (κ2) is 5.89. The van der Waals surface area contributed by atoms with Gasteiger partial charge >= 0.3 is 0 Å². The number of anilines is 1. The molecule has 1 aromatic rings. The second-order valence-electron chi connectivity index (χ2n) is 7.70. The van der Waals surface area contributed by atoms with Crippen LogP contribution in [-0.2, 0) is 14.4 Å². The quantitative estimate of drug-likeness (QED) is 0.504. The number of benzene rings is 1. The van der Waals surface area contributed by atoms with E-state index in [-0.39, 0.29) is 29.1 Å². The first kappa shape index (κ1) is 18.0.